The maximum atomic E-state index is 12.1. The van der Waals surface area contributed by atoms with E-state index in [1.165, 1.54) is 0 Å². The van der Waals surface area contributed by atoms with Crippen molar-refractivity contribution in [1.29, 1.82) is 5.41 Å². The molecule has 0 bridgehead atoms. The van der Waals surface area contributed by atoms with Gasteiger partial charge in [-0.15, -0.1) is 0 Å². The van der Waals surface area contributed by atoms with Gasteiger partial charge in [-0.05, 0) is 35.1 Å². The van der Waals surface area contributed by atoms with Gasteiger partial charge >= 0.3 is 12.1 Å². The van der Waals surface area contributed by atoms with Crippen LogP contribution in [0.25, 0.3) is 11.1 Å². The maximum absolute atomic E-state index is 12.1. The van der Waals surface area contributed by atoms with Crippen molar-refractivity contribution in [3.05, 3.63) is 59.7 Å². The fourth-order valence-electron chi connectivity index (χ4n) is 3.44. The van der Waals surface area contributed by atoms with Gasteiger partial charge < -0.3 is 20.9 Å². The molecule has 3 rings (SSSR count). The van der Waals surface area contributed by atoms with E-state index in [9.17, 15) is 9.59 Å². The molecule has 0 spiro atoms. The predicted octanol–water partition coefficient (Wildman–Crippen LogP) is 2.24. The Kier molecular flexibility index (Phi) is 6.46. The van der Waals surface area contributed by atoms with Crippen LogP contribution < -0.4 is 16.4 Å². The first kappa shape index (κ1) is 20.3. The van der Waals surface area contributed by atoms with Gasteiger partial charge in [0.05, 0.1) is 0 Å². The number of nitrogens with two attached hydrogens (primary N) is 1. The molecule has 2 aromatic carbocycles. The third-order valence-electron chi connectivity index (χ3n) is 4.88. The molecule has 1 atom stereocenters. The van der Waals surface area contributed by atoms with Crippen LogP contribution in [-0.4, -0.2) is 42.3 Å². The number of hydrogen-bond donors (Lipinski definition) is 5. The van der Waals surface area contributed by atoms with Gasteiger partial charge in [-0.25, -0.2) is 4.79 Å². The smallest absolute Gasteiger partial charge is 0.413 e. The van der Waals surface area contributed by atoms with E-state index in [1.54, 1.807) is 0 Å². The number of rotatable bonds is 7. The van der Waals surface area contributed by atoms with Crippen LogP contribution in [-0.2, 0) is 9.53 Å². The number of carbonyl (C=O) groups excluding carboxylic acids is 1. The number of nitrogens with one attached hydrogen (secondary N) is 3. The van der Waals surface area contributed by atoms with Crippen molar-refractivity contribution in [2.45, 2.75) is 24.8 Å². The van der Waals surface area contributed by atoms with Crippen LogP contribution in [0.1, 0.15) is 29.9 Å². The number of hydrogen-bond acceptors (Lipinski definition) is 5. The van der Waals surface area contributed by atoms with Crippen LogP contribution in [0.3, 0.4) is 0 Å². The van der Waals surface area contributed by atoms with Crippen molar-refractivity contribution >= 4 is 18.0 Å². The molecular weight excluding hydrogens is 372 g/mol. The predicted molar refractivity (Wildman–Crippen MR) is 109 cm³/mol. The van der Waals surface area contributed by atoms with Crippen molar-refractivity contribution in [2.24, 2.45) is 5.73 Å². The van der Waals surface area contributed by atoms with E-state index >= 15 is 0 Å². The monoisotopic (exact) mass is 396 g/mol. The van der Waals surface area contributed by atoms with Crippen molar-refractivity contribution < 1.29 is 19.4 Å². The topological polar surface area (TPSA) is 138 Å². The van der Waals surface area contributed by atoms with Crippen LogP contribution in [0.4, 0.5) is 4.79 Å². The molecule has 29 heavy (non-hydrogen) atoms. The molecule has 0 aliphatic heterocycles. The second-order valence-electron chi connectivity index (χ2n) is 6.84. The van der Waals surface area contributed by atoms with Crippen LogP contribution >= 0.6 is 0 Å². The first-order valence-corrected chi connectivity index (χ1v) is 9.40. The number of carboxylic acid groups (broad SMARTS) is 1. The molecule has 8 heteroatoms. The van der Waals surface area contributed by atoms with Gasteiger partial charge in [0.2, 0.25) is 0 Å². The van der Waals surface area contributed by atoms with Crippen molar-refractivity contribution in [1.82, 2.24) is 10.6 Å². The lowest BCUT2D eigenvalue weighted by Crippen LogP contribution is -2.41. The third-order valence-corrected chi connectivity index (χ3v) is 4.88. The minimum Gasteiger partial charge on any atom is -0.480 e. The van der Waals surface area contributed by atoms with Gasteiger partial charge in [-0.1, -0.05) is 48.5 Å². The summed E-state index contributed by atoms with van der Waals surface area (Å²) in [5.74, 6) is -1.31. The van der Waals surface area contributed by atoms with E-state index in [4.69, 9.17) is 21.0 Å². The van der Waals surface area contributed by atoms with Crippen LogP contribution in [0.2, 0.25) is 0 Å². The minimum atomic E-state index is -1.06. The number of benzene rings is 2. The summed E-state index contributed by atoms with van der Waals surface area (Å²) in [6.45, 7) is 0.490. The summed E-state index contributed by atoms with van der Waals surface area (Å²) >= 11 is 0. The molecule has 2 aromatic rings. The number of carboxylic acids is 1. The number of ether oxygens (including phenoxy) is 1. The number of carbonyl (C=O) groups is 2. The summed E-state index contributed by atoms with van der Waals surface area (Å²) in [5, 5.41) is 21.5. The summed E-state index contributed by atoms with van der Waals surface area (Å²) in [7, 11) is 0. The Morgan fingerprint density at radius 3 is 2.28 bits per heavy atom. The average Bonchev–Trinajstić information content (AvgIpc) is 3.03. The molecule has 0 saturated carbocycles. The number of amides is 1. The van der Waals surface area contributed by atoms with Crippen LogP contribution in [0.15, 0.2) is 48.5 Å². The zero-order valence-electron chi connectivity index (χ0n) is 15.9. The third kappa shape index (κ3) is 4.91. The van der Waals surface area contributed by atoms with Crippen molar-refractivity contribution in [3.8, 4) is 11.1 Å². The number of aliphatic carboxylic acids is 1. The molecule has 0 aromatic heterocycles. The van der Waals surface area contributed by atoms with Crippen molar-refractivity contribution in [2.75, 3.05) is 13.2 Å². The fraction of sp³-hybridized carbons (Fsp3) is 0.286. The van der Waals surface area contributed by atoms with E-state index in [0.717, 1.165) is 22.3 Å². The van der Waals surface area contributed by atoms with E-state index in [1.807, 2.05) is 36.4 Å². The number of fused-ring (bicyclic) bond motifs is 3. The highest BCUT2D eigenvalue weighted by atomic mass is 16.5. The summed E-state index contributed by atoms with van der Waals surface area (Å²) in [5.41, 5.74) is 9.93. The largest absolute Gasteiger partial charge is 0.480 e. The first-order chi connectivity index (χ1) is 14.0. The SMILES string of the molecule is N=C(NCCCC(N)C(=O)O)NC(=O)OCC1c2ccccc2-c2ccccc21. The van der Waals surface area contributed by atoms with E-state index in [2.05, 4.69) is 22.8 Å². The Balaban J connectivity index is 1.47. The summed E-state index contributed by atoms with van der Waals surface area (Å²) in [6, 6.07) is 15.2. The van der Waals surface area contributed by atoms with E-state index < -0.39 is 18.1 Å². The molecule has 6 N–H and O–H groups in total. The number of alkyl carbamates (subject to hydrolysis) is 1. The molecule has 1 aliphatic carbocycles. The minimum absolute atomic E-state index is 0.0483. The standard InChI is InChI=1S/C21H24N4O4/c22-18(19(26)27)10-5-11-24-20(23)25-21(28)29-12-17-15-8-3-1-6-13(15)14-7-2-4-9-16(14)17/h1-4,6-9,17-18H,5,10-12,22H2,(H,26,27)(H3,23,24,25,28). The van der Waals surface area contributed by atoms with Gasteiger partial charge in [-0.2, -0.15) is 0 Å². The molecule has 0 heterocycles. The number of guanidine groups is 1. The van der Waals surface area contributed by atoms with Crippen LogP contribution in [0, 0.1) is 5.41 Å². The Labute approximate surface area is 168 Å². The second kappa shape index (κ2) is 9.20. The Morgan fingerprint density at radius 2 is 1.69 bits per heavy atom. The van der Waals surface area contributed by atoms with Gasteiger partial charge in [0.25, 0.3) is 0 Å². The van der Waals surface area contributed by atoms with Crippen LogP contribution in [0.5, 0.6) is 0 Å². The first-order valence-electron chi connectivity index (χ1n) is 9.40. The maximum Gasteiger partial charge on any atom is 0.413 e. The zero-order valence-corrected chi connectivity index (χ0v) is 15.9. The Bertz CT molecular complexity index is 870. The summed E-state index contributed by atoms with van der Waals surface area (Å²) in [4.78, 5) is 22.7. The second-order valence-corrected chi connectivity index (χ2v) is 6.84. The summed E-state index contributed by atoms with van der Waals surface area (Å²) < 4.78 is 5.36. The molecule has 0 saturated heterocycles. The molecule has 152 valence electrons. The van der Waals surface area contributed by atoms with Gasteiger partial charge in [0.15, 0.2) is 5.96 Å². The fourth-order valence-corrected chi connectivity index (χ4v) is 3.44. The molecule has 0 radical (unpaired) electrons. The van der Waals surface area contributed by atoms with E-state index in [-0.39, 0.29) is 24.9 Å². The molecule has 1 aliphatic rings. The summed E-state index contributed by atoms with van der Waals surface area (Å²) in [6.07, 6.45) is 0.0228. The normalized spacial score (nSPS) is 13.1. The lowest BCUT2D eigenvalue weighted by Gasteiger charge is -2.15. The lowest BCUT2D eigenvalue weighted by atomic mass is 9.98. The molecular formula is C21H24N4O4. The molecule has 1 amide bonds. The average molecular weight is 396 g/mol. The highest BCUT2D eigenvalue weighted by Gasteiger charge is 2.29. The lowest BCUT2D eigenvalue weighted by molar-refractivity contribution is -0.138. The zero-order chi connectivity index (χ0) is 20.8. The van der Waals surface area contributed by atoms with Gasteiger partial charge in [0, 0.05) is 12.5 Å². The highest BCUT2D eigenvalue weighted by Crippen LogP contribution is 2.44. The van der Waals surface area contributed by atoms with Gasteiger partial charge in [-0.3, -0.25) is 15.5 Å². The molecule has 0 fully saturated rings. The quantitative estimate of drug-likeness (QED) is 0.276. The van der Waals surface area contributed by atoms with Crippen molar-refractivity contribution in [3.63, 3.8) is 0 Å². The molecule has 8 nitrogen and oxygen atoms in total. The molecule has 1 unspecified atom stereocenters. The Hall–Kier alpha value is -3.39. The van der Waals surface area contributed by atoms with E-state index in [0.29, 0.717) is 13.0 Å². The highest BCUT2D eigenvalue weighted by molar-refractivity contribution is 5.92. The Morgan fingerprint density at radius 1 is 1.10 bits per heavy atom. The van der Waals surface area contributed by atoms with Gasteiger partial charge in [0.1, 0.15) is 12.6 Å².